The predicted molar refractivity (Wildman–Crippen MR) is 110 cm³/mol. The third kappa shape index (κ3) is 8.54. The summed E-state index contributed by atoms with van der Waals surface area (Å²) in [5.74, 6) is 0.853. The van der Waals surface area contributed by atoms with E-state index in [4.69, 9.17) is 4.74 Å². The summed E-state index contributed by atoms with van der Waals surface area (Å²) in [6, 6.07) is 0.774. The Hall–Kier alpha value is -0.0800. The van der Waals surface area contributed by atoms with Crippen molar-refractivity contribution in [3.8, 4) is 0 Å². The van der Waals surface area contributed by atoms with E-state index in [-0.39, 0.29) is 35.5 Å². The van der Waals surface area contributed by atoms with Gasteiger partial charge < -0.3 is 20.3 Å². The number of halogens is 1. The highest BCUT2D eigenvalue weighted by atomic mass is 127. The second-order valence-corrected chi connectivity index (χ2v) is 7.39. The molecule has 0 radical (unpaired) electrons. The van der Waals surface area contributed by atoms with E-state index in [1.54, 1.807) is 7.11 Å². The van der Waals surface area contributed by atoms with Crippen LogP contribution >= 0.6 is 24.0 Å². The van der Waals surface area contributed by atoms with Crippen LogP contribution in [0.3, 0.4) is 0 Å². The number of likely N-dealkylation sites (N-methyl/N-ethyl adjacent to an activating group) is 1. The maximum Gasteiger partial charge on any atom is 0.191 e. The van der Waals surface area contributed by atoms with E-state index in [0.29, 0.717) is 0 Å². The first-order valence-corrected chi connectivity index (χ1v) is 8.56. The molecule has 0 aromatic heterocycles. The fourth-order valence-corrected chi connectivity index (χ4v) is 3.03. The molecule has 1 atom stereocenters. The number of hydrogen-bond acceptors (Lipinski definition) is 3. The van der Waals surface area contributed by atoms with Gasteiger partial charge in [-0.2, -0.15) is 0 Å². The summed E-state index contributed by atoms with van der Waals surface area (Å²) >= 11 is 0. The van der Waals surface area contributed by atoms with Crippen LogP contribution in [0.1, 0.15) is 46.5 Å². The van der Waals surface area contributed by atoms with Gasteiger partial charge in [0.1, 0.15) is 0 Å². The Kier molecular flexibility index (Phi) is 11.4. The van der Waals surface area contributed by atoms with Crippen molar-refractivity contribution in [1.82, 2.24) is 15.5 Å². The zero-order chi connectivity index (χ0) is 16.6. The van der Waals surface area contributed by atoms with Crippen LogP contribution in [0.25, 0.3) is 0 Å². The van der Waals surface area contributed by atoms with Crippen molar-refractivity contribution in [2.24, 2.45) is 10.4 Å². The van der Waals surface area contributed by atoms with Gasteiger partial charge in [0.25, 0.3) is 0 Å². The van der Waals surface area contributed by atoms with E-state index in [0.717, 1.165) is 31.6 Å². The zero-order valence-electron chi connectivity index (χ0n) is 15.8. The van der Waals surface area contributed by atoms with E-state index in [1.165, 1.54) is 25.7 Å². The molecule has 2 N–H and O–H groups in total. The first kappa shape index (κ1) is 22.9. The molecule has 23 heavy (non-hydrogen) atoms. The smallest absolute Gasteiger partial charge is 0.191 e. The van der Waals surface area contributed by atoms with Crippen molar-refractivity contribution in [1.29, 1.82) is 0 Å². The molecule has 0 heterocycles. The molecule has 0 aromatic carbocycles. The second-order valence-electron chi connectivity index (χ2n) is 7.39. The lowest BCUT2D eigenvalue weighted by Gasteiger charge is -2.30. The van der Waals surface area contributed by atoms with Crippen LogP contribution in [0.5, 0.6) is 0 Å². The largest absolute Gasteiger partial charge is 0.379 e. The van der Waals surface area contributed by atoms with Gasteiger partial charge in [0.05, 0.1) is 6.10 Å². The number of ether oxygens (including phenoxy) is 1. The number of methoxy groups -OCH3 is 1. The zero-order valence-corrected chi connectivity index (χ0v) is 18.1. The molecule has 1 aliphatic rings. The van der Waals surface area contributed by atoms with Crippen LogP contribution in [0, 0.1) is 5.41 Å². The van der Waals surface area contributed by atoms with Crippen LogP contribution in [0.4, 0.5) is 0 Å². The molecule has 1 unspecified atom stereocenters. The Morgan fingerprint density at radius 3 is 2.35 bits per heavy atom. The molecule has 5 nitrogen and oxygen atoms in total. The highest BCUT2D eigenvalue weighted by Gasteiger charge is 2.24. The number of nitrogens with one attached hydrogen (secondary N) is 2. The molecule has 0 saturated heterocycles. The molecule has 0 spiro atoms. The van der Waals surface area contributed by atoms with Gasteiger partial charge >= 0.3 is 0 Å². The van der Waals surface area contributed by atoms with E-state index >= 15 is 0 Å². The maximum absolute atomic E-state index is 5.57. The quantitative estimate of drug-likeness (QED) is 0.363. The number of hydrogen-bond donors (Lipinski definition) is 2. The van der Waals surface area contributed by atoms with Gasteiger partial charge in [0.2, 0.25) is 0 Å². The average Bonchev–Trinajstić information content (AvgIpc) is 2.98. The first-order valence-electron chi connectivity index (χ1n) is 8.56. The van der Waals surface area contributed by atoms with Crippen molar-refractivity contribution in [2.75, 3.05) is 40.8 Å². The van der Waals surface area contributed by atoms with E-state index in [2.05, 4.69) is 48.3 Å². The Balaban J connectivity index is 0.00000484. The van der Waals surface area contributed by atoms with Crippen LogP contribution in [-0.2, 0) is 4.74 Å². The monoisotopic (exact) mass is 440 g/mol. The maximum atomic E-state index is 5.57. The fourth-order valence-electron chi connectivity index (χ4n) is 3.03. The number of nitrogens with zero attached hydrogens (tertiary/aromatic N) is 2. The summed E-state index contributed by atoms with van der Waals surface area (Å²) < 4.78 is 5.57. The van der Waals surface area contributed by atoms with Crippen LogP contribution < -0.4 is 10.6 Å². The Morgan fingerprint density at radius 1 is 1.26 bits per heavy atom. The SMILES string of the molecule is CN=C(NCCN(C)C1CCCC1)NCC(OC)C(C)(C)C.I. The van der Waals surface area contributed by atoms with Gasteiger partial charge in [-0.05, 0) is 25.3 Å². The third-order valence-corrected chi connectivity index (χ3v) is 4.63. The molecule has 0 bridgehead atoms. The van der Waals surface area contributed by atoms with Gasteiger partial charge in [-0.25, -0.2) is 0 Å². The third-order valence-electron chi connectivity index (χ3n) is 4.63. The first-order chi connectivity index (χ1) is 10.4. The summed E-state index contributed by atoms with van der Waals surface area (Å²) in [5, 5.41) is 6.76. The summed E-state index contributed by atoms with van der Waals surface area (Å²) in [7, 11) is 5.81. The molecular formula is C17H37IN4O. The molecule has 1 aliphatic carbocycles. The van der Waals surface area contributed by atoms with E-state index in [1.807, 2.05) is 7.05 Å². The Morgan fingerprint density at radius 2 is 1.87 bits per heavy atom. The minimum atomic E-state index is 0. The number of aliphatic imine (C=N–C) groups is 1. The van der Waals surface area contributed by atoms with E-state index < -0.39 is 0 Å². The van der Waals surface area contributed by atoms with Crippen molar-refractivity contribution in [3.63, 3.8) is 0 Å². The van der Waals surface area contributed by atoms with Gasteiger partial charge in [0, 0.05) is 39.8 Å². The van der Waals surface area contributed by atoms with Crippen molar-refractivity contribution >= 4 is 29.9 Å². The molecule has 0 amide bonds. The molecule has 1 rings (SSSR count). The lowest BCUT2D eigenvalue weighted by atomic mass is 9.89. The van der Waals surface area contributed by atoms with E-state index in [9.17, 15) is 0 Å². The summed E-state index contributed by atoms with van der Waals surface area (Å²) in [6.07, 6.45) is 5.63. The van der Waals surface area contributed by atoms with Gasteiger partial charge in [-0.15, -0.1) is 24.0 Å². The van der Waals surface area contributed by atoms with Gasteiger partial charge in [-0.3, -0.25) is 4.99 Å². The van der Waals surface area contributed by atoms with Crippen molar-refractivity contribution in [2.45, 2.75) is 58.6 Å². The highest BCUT2D eigenvalue weighted by molar-refractivity contribution is 14.0. The summed E-state index contributed by atoms with van der Waals surface area (Å²) in [6.45, 7) is 9.30. The topological polar surface area (TPSA) is 48.9 Å². The van der Waals surface area contributed by atoms with Crippen LogP contribution in [0.15, 0.2) is 4.99 Å². The minimum Gasteiger partial charge on any atom is -0.379 e. The van der Waals surface area contributed by atoms with Gasteiger partial charge in [-0.1, -0.05) is 33.6 Å². The van der Waals surface area contributed by atoms with Crippen molar-refractivity contribution in [3.05, 3.63) is 0 Å². The molecular weight excluding hydrogens is 403 g/mol. The fraction of sp³-hybridized carbons (Fsp3) is 0.941. The number of rotatable bonds is 7. The lowest BCUT2D eigenvalue weighted by molar-refractivity contribution is 0.0205. The molecule has 0 aromatic rings. The Bertz CT molecular complexity index is 338. The average molecular weight is 440 g/mol. The molecule has 1 fully saturated rings. The lowest BCUT2D eigenvalue weighted by Crippen LogP contribution is -2.47. The van der Waals surface area contributed by atoms with Crippen molar-refractivity contribution < 1.29 is 4.74 Å². The normalized spacial score (nSPS) is 18.0. The second kappa shape index (κ2) is 11.5. The van der Waals surface area contributed by atoms with Gasteiger partial charge in [0.15, 0.2) is 5.96 Å². The predicted octanol–water partition coefficient (Wildman–Crippen LogP) is 2.70. The van der Waals surface area contributed by atoms with Crippen LogP contribution in [0.2, 0.25) is 0 Å². The number of guanidine groups is 1. The molecule has 138 valence electrons. The molecule has 6 heteroatoms. The van der Waals surface area contributed by atoms with Crippen LogP contribution in [-0.4, -0.2) is 63.8 Å². The summed E-state index contributed by atoms with van der Waals surface area (Å²) in [5.41, 5.74) is 0.114. The molecule has 1 saturated carbocycles. The highest BCUT2D eigenvalue weighted by Crippen LogP contribution is 2.22. The standard InChI is InChI=1S/C17H36N4O.HI/c1-17(2,3)15(22-6)13-20-16(18-4)19-11-12-21(5)14-9-7-8-10-14;/h14-15H,7-13H2,1-6H3,(H2,18,19,20);1H. The minimum absolute atomic E-state index is 0. The summed E-state index contributed by atoms with van der Waals surface area (Å²) in [4.78, 5) is 6.76. The Labute approximate surface area is 160 Å². The molecule has 0 aliphatic heterocycles.